The molecular weight excluding hydrogens is 308 g/mol. The Morgan fingerprint density at radius 1 is 1.62 bits per heavy atom. The number of amides is 1. The number of rotatable bonds is 3. The van der Waals surface area contributed by atoms with Crippen LogP contribution in [0.4, 0.5) is 0 Å². The van der Waals surface area contributed by atoms with Crippen LogP contribution in [0, 0.1) is 5.92 Å². The highest BCUT2D eigenvalue weighted by Gasteiger charge is 2.34. The van der Waals surface area contributed by atoms with Gasteiger partial charge in [-0.15, -0.1) is 11.3 Å². The molecule has 5 nitrogen and oxygen atoms in total. The first-order chi connectivity index (χ1) is 10.1. The van der Waals surface area contributed by atoms with Gasteiger partial charge in [0.05, 0.1) is 22.1 Å². The van der Waals surface area contributed by atoms with E-state index in [9.17, 15) is 4.79 Å². The molecule has 7 heteroatoms. The van der Waals surface area contributed by atoms with E-state index in [2.05, 4.69) is 16.5 Å². The summed E-state index contributed by atoms with van der Waals surface area (Å²) in [5.41, 5.74) is 7.96. The van der Waals surface area contributed by atoms with E-state index in [1.54, 1.807) is 16.2 Å². The highest BCUT2D eigenvalue weighted by molar-refractivity contribution is 7.17. The molecule has 0 saturated carbocycles. The van der Waals surface area contributed by atoms with Gasteiger partial charge in [0.1, 0.15) is 0 Å². The summed E-state index contributed by atoms with van der Waals surface area (Å²) < 4.78 is 1.04. The molecule has 2 aromatic rings. The van der Waals surface area contributed by atoms with Crippen molar-refractivity contribution in [1.29, 1.82) is 0 Å². The van der Waals surface area contributed by atoms with Gasteiger partial charge < -0.3 is 10.6 Å². The third-order valence-corrected chi connectivity index (χ3v) is 4.97. The van der Waals surface area contributed by atoms with Crippen molar-refractivity contribution >= 4 is 39.1 Å². The first-order valence-electron chi connectivity index (χ1n) is 6.68. The van der Waals surface area contributed by atoms with Crippen LogP contribution in [0.5, 0.6) is 0 Å². The van der Waals surface area contributed by atoms with E-state index in [0.29, 0.717) is 13.0 Å². The Bertz CT molecular complexity index is 701. The number of carbonyl (C=O) groups excluding carboxylic acids is 1. The number of aromatic nitrogens is 2. The summed E-state index contributed by atoms with van der Waals surface area (Å²) in [6.45, 7) is 4.17. The zero-order valence-electron chi connectivity index (χ0n) is 11.3. The third-order valence-electron chi connectivity index (χ3n) is 3.84. The summed E-state index contributed by atoms with van der Waals surface area (Å²) >= 11 is 7.58. The van der Waals surface area contributed by atoms with Crippen molar-refractivity contribution in [2.75, 3.05) is 6.54 Å². The lowest BCUT2D eigenvalue weighted by Crippen LogP contribution is -2.43. The molecule has 2 unspecified atom stereocenters. The van der Waals surface area contributed by atoms with Crippen LogP contribution in [-0.2, 0) is 11.2 Å². The van der Waals surface area contributed by atoms with Gasteiger partial charge >= 0.3 is 0 Å². The van der Waals surface area contributed by atoms with Crippen LogP contribution in [0.15, 0.2) is 24.1 Å². The van der Waals surface area contributed by atoms with Crippen LogP contribution in [0.2, 0.25) is 5.28 Å². The summed E-state index contributed by atoms with van der Waals surface area (Å²) in [6.07, 6.45) is 2.55. The van der Waals surface area contributed by atoms with Crippen LogP contribution >= 0.6 is 22.9 Å². The second kappa shape index (κ2) is 5.71. The van der Waals surface area contributed by atoms with Gasteiger partial charge in [0.15, 0.2) is 0 Å². The van der Waals surface area contributed by atoms with Crippen LogP contribution in [0.1, 0.15) is 12.1 Å². The molecule has 1 amide bonds. The summed E-state index contributed by atoms with van der Waals surface area (Å²) in [5.74, 6) is 0.0529. The summed E-state index contributed by atoms with van der Waals surface area (Å²) in [7, 11) is 0. The van der Waals surface area contributed by atoms with E-state index < -0.39 is 0 Å². The number of nitrogens with zero attached hydrogens (tertiary/aromatic N) is 3. The van der Waals surface area contributed by atoms with Gasteiger partial charge in [0.2, 0.25) is 11.2 Å². The van der Waals surface area contributed by atoms with E-state index in [1.165, 1.54) is 6.08 Å². The molecule has 0 spiro atoms. The number of thiophene rings is 1. The van der Waals surface area contributed by atoms with Crippen molar-refractivity contribution in [2.45, 2.75) is 19.0 Å². The molecular formula is C14H15ClN4OS. The van der Waals surface area contributed by atoms with E-state index >= 15 is 0 Å². The molecule has 2 N–H and O–H groups in total. The van der Waals surface area contributed by atoms with Gasteiger partial charge in [-0.3, -0.25) is 4.79 Å². The van der Waals surface area contributed by atoms with Crippen LogP contribution < -0.4 is 5.73 Å². The minimum Gasteiger partial charge on any atom is -0.324 e. The van der Waals surface area contributed by atoms with Gasteiger partial charge in [-0.1, -0.05) is 6.58 Å². The van der Waals surface area contributed by atoms with Crippen LogP contribution in [0.25, 0.3) is 10.2 Å². The Morgan fingerprint density at radius 3 is 3.19 bits per heavy atom. The molecule has 1 saturated heterocycles. The van der Waals surface area contributed by atoms with Crippen LogP contribution in [-0.4, -0.2) is 33.5 Å². The number of hydrogen-bond acceptors (Lipinski definition) is 5. The van der Waals surface area contributed by atoms with Gasteiger partial charge in [0.25, 0.3) is 0 Å². The van der Waals surface area contributed by atoms with Crippen molar-refractivity contribution in [2.24, 2.45) is 11.7 Å². The van der Waals surface area contributed by atoms with E-state index in [1.807, 2.05) is 11.4 Å². The fraction of sp³-hybridized carbons (Fsp3) is 0.357. The van der Waals surface area contributed by atoms with Crippen molar-refractivity contribution in [1.82, 2.24) is 14.9 Å². The van der Waals surface area contributed by atoms with Crippen molar-refractivity contribution < 1.29 is 4.79 Å². The lowest BCUT2D eigenvalue weighted by molar-refractivity contribution is -0.127. The van der Waals surface area contributed by atoms with E-state index in [4.69, 9.17) is 17.3 Å². The lowest BCUT2D eigenvalue weighted by Gasteiger charge is -2.23. The van der Waals surface area contributed by atoms with Gasteiger partial charge in [0, 0.05) is 6.54 Å². The Kier molecular flexibility index (Phi) is 3.93. The Hall–Kier alpha value is -1.50. The van der Waals surface area contributed by atoms with E-state index in [-0.39, 0.29) is 23.3 Å². The predicted octanol–water partition coefficient (Wildman–Crippen LogP) is 2.21. The Labute approximate surface area is 131 Å². The maximum Gasteiger partial charge on any atom is 0.247 e. The molecule has 0 aliphatic carbocycles. The molecule has 0 bridgehead atoms. The molecule has 0 radical (unpaired) electrons. The quantitative estimate of drug-likeness (QED) is 0.694. The van der Waals surface area contributed by atoms with Gasteiger partial charge in [-0.25, -0.2) is 9.97 Å². The first kappa shape index (κ1) is 14.4. The summed E-state index contributed by atoms with van der Waals surface area (Å²) in [5, 5.41) is 2.22. The number of fused-ring (bicyclic) bond motifs is 1. The summed E-state index contributed by atoms with van der Waals surface area (Å²) in [4.78, 5) is 21.9. The fourth-order valence-corrected chi connectivity index (χ4v) is 3.78. The SMILES string of the molecule is C=CC(=O)N1CCC(Cc2nc(Cl)nc3ccsc23)C1N. The number of nitrogens with two attached hydrogens (primary N) is 1. The van der Waals surface area contributed by atoms with Crippen molar-refractivity contribution in [3.8, 4) is 0 Å². The molecule has 1 fully saturated rings. The van der Waals surface area contributed by atoms with Crippen molar-refractivity contribution in [3.63, 3.8) is 0 Å². The molecule has 2 aromatic heterocycles. The largest absolute Gasteiger partial charge is 0.324 e. The second-order valence-corrected chi connectivity index (χ2v) is 6.31. The monoisotopic (exact) mass is 322 g/mol. The highest BCUT2D eigenvalue weighted by Crippen LogP contribution is 2.30. The van der Waals surface area contributed by atoms with E-state index in [0.717, 1.165) is 22.3 Å². The minimum atomic E-state index is -0.306. The highest BCUT2D eigenvalue weighted by atomic mass is 35.5. The predicted molar refractivity (Wildman–Crippen MR) is 84.1 cm³/mol. The molecule has 2 atom stereocenters. The molecule has 3 heterocycles. The fourth-order valence-electron chi connectivity index (χ4n) is 2.76. The topological polar surface area (TPSA) is 72.1 Å². The summed E-state index contributed by atoms with van der Waals surface area (Å²) in [6, 6.07) is 1.93. The van der Waals surface area contributed by atoms with Gasteiger partial charge in [-0.2, -0.15) is 0 Å². The maximum atomic E-state index is 11.7. The lowest BCUT2D eigenvalue weighted by atomic mass is 9.99. The Balaban J connectivity index is 1.84. The first-order valence-corrected chi connectivity index (χ1v) is 7.94. The average molecular weight is 323 g/mol. The zero-order chi connectivity index (χ0) is 15.0. The second-order valence-electron chi connectivity index (χ2n) is 5.05. The smallest absolute Gasteiger partial charge is 0.247 e. The third kappa shape index (κ3) is 2.66. The standard InChI is InChI=1S/C14H15ClN4OS/c1-2-11(20)19-5-3-8(13(19)16)7-10-12-9(4-6-21-12)17-14(15)18-10/h2,4,6,8,13H,1,3,5,7,16H2. The number of hydrogen-bond donors (Lipinski definition) is 1. The number of carbonyl (C=O) groups is 1. The zero-order valence-corrected chi connectivity index (χ0v) is 12.9. The number of likely N-dealkylation sites (tertiary alicyclic amines) is 1. The van der Waals surface area contributed by atoms with Crippen molar-refractivity contribution in [3.05, 3.63) is 35.1 Å². The molecule has 21 heavy (non-hydrogen) atoms. The normalized spacial score (nSPS) is 21.9. The Morgan fingerprint density at radius 2 is 2.43 bits per heavy atom. The molecule has 1 aliphatic heterocycles. The van der Waals surface area contributed by atoms with Crippen LogP contribution in [0.3, 0.4) is 0 Å². The molecule has 0 aromatic carbocycles. The minimum absolute atomic E-state index is 0.119. The maximum absolute atomic E-state index is 11.7. The molecule has 3 rings (SSSR count). The number of halogens is 1. The molecule has 1 aliphatic rings. The molecule has 110 valence electrons. The average Bonchev–Trinajstić information content (AvgIpc) is 3.06. The van der Waals surface area contributed by atoms with Gasteiger partial charge in [-0.05, 0) is 47.9 Å².